The lowest BCUT2D eigenvalue weighted by Gasteiger charge is -2.30. The number of morpholine rings is 1. The van der Waals surface area contributed by atoms with Gasteiger partial charge in [0, 0.05) is 18.8 Å². The Morgan fingerprint density at radius 2 is 2.11 bits per heavy atom. The van der Waals surface area contributed by atoms with Crippen molar-refractivity contribution in [1.29, 1.82) is 0 Å². The van der Waals surface area contributed by atoms with Crippen LogP contribution in [0.4, 0.5) is 11.4 Å². The van der Waals surface area contributed by atoms with Crippen molar-refractivity contribution < 1.29 is 23.8 Å². The van der Waals surface area contributed by atoms with Gasteiger partial charge in [-0.05, 0) is 18.2 Å². The molecule has 148 valence electrons. The van der Waals surface area contributed by atoms with Gasteiger partial charge < -0.3 is 30.2 Å². The molecule has 0 spiro atoms. The van der Waals surface area contributed by atoms with E-state index in [0.717, 1.165) is 0 Å². The van der Waals surface area contributed by atoms with Crippen molar-refractivity contribution in [3.63, 3.8) is 0 Å². The van der Waals surface area contributed by atoms with Gasteiger partial charge in [-0.15, -0.1) is 10.2 Å². The highest BCUT2D eigenvalue weighted by Crippen LogP contribution is 2.26. The van der Waals surface area contributed by atoms with Crippen LogP contribution in [0.1, 0.15) is 10.4 Å². The van der Waals surface area contributed by atoms with Crippen LogP contribution < -0.4 is 16.0 Å². The molecule has 0 radical (unpaired) electrons. The summed E-state index contributed by atoms with van der Waals surface area (Å²) in [6.07, 6.45) is 1.49. The Kier molecular flexibility index (Phi) is 6.22. The van der Waals surface area contributed by atoms with Gasteiger partial charge in [-0.2, -0.15) is 0 Å². The molecular formula is C18H21N5O5. The number of carbonyl (C=O) groups is 2. The molecule has 0 aliphatic carbocycles. The lowest BCUT2D eigenvalue weighted by atomic mass is 10.1. The maximum Gasteiger partial charge on any atom is 0.340 e. The monoisotopic (exact) mass is 387 g/mol. The van der Waals surface area contributed by atoms with Crippen molar-refractivity contribution in [3.05, 3.63) is 36.4 Å². The maximum atomic E-state index is 12.5. The summed E-state index contributed by atoms with van der Waals surface area (Å²) < 4.78 is 15.7. The van der Waals surface area contributed by atoms with E-state index in [-0.39, 0.29) is 24.9 Å². The average molecular weight is 387 g/mol. The second kappa shape index (κ2) is 9.00. The fraction of sp³-hybridized carbons (Fsp3) is 0.333. The van der Waals surface area contributed by atoms with E-state index < -0.39 is 11.9 Å². The molecule has 1 fully saturated rings. The summed E-state index contributed by atoms with van der Waals surface area (Å²) in [7, 11) is 0. The number of nitrogens with one attached hydrogen (secondary N) is 1. The zero-order chi connectivity index (χ0) is 19.9. The molecule has 2 aliphatic rings. The first kappa shape index (κ1) is 19.4. The van der Waals surface area contributed by atoms with Gasteiger partial charge in [0.1, 0.15) is 13.2 Å². The number of rotatable bonds is 6. The van der Waals surface area contributed by atoms with Gasteiger partial charge in [0.2, 0.25) is 0 Å². The zero-order valence-corrected chi connectivity index (χ0v) is 15.2. The summed E-state index contributed by atoms with van der Waals surface area (Å²) in [5.74, 6) is -1.14. The predicted octanol–water partition coefficient (Wildman–Crippen LogP) is 0.505. The molecule has 3 N–H and O–H groups in total. The van der Waals surface area contributed by atoms with E-state index in [1.165, 1.54) is 6.08 Å². The molecule has 1 amide bonds. The number of esters is 1. The molecular weight excluding hydrogens is 366 g/mol. The van der Waals surface area contributed by atoms with Crippen LogP contribution in [0, 0.1) is 0 Å². The summed E-state index contributed by atoms with van der Waals surface area (Å²) >= 11 is 0. The van der Waals surface area contributed by atoms with Crippen LogP contribution in [0.3, 0.4) is 0 Å². The van der Waals surface area contributed by atoms with E-state index in [0.29, 0.717) is 43.2 Å². The summed E-state index contributed by atoms with van der Waals surface area (Å²) in [4.78, 5) is 26.8. The third kappa shape index (κ3) is 4.65. The number of ether oxygens (including phenoxy) is 3. The van der Waals surface area contributed by atoms with Crippen LogP contribution in [0.5, 0.6) is 0 Å². The van der Waals surface area contributed by atoms with E-state index in [1.54, 1.807) is 18.2 Å². The van der Waals surface area contributed by atoms with Crippen LogP contribution in [-0.4, -0.2) is 63.1 Å². The third-order valence-corrected chi connectivity index (χ3v) is 3.98. The largest absolute Gasteiger partial charge is 0.465 e. The fourth-order valence-electron chi connectivity index (χ4n) is 2.67. The summed E-state index contributed by atoms with van der Waals surface area (Å²) in [5, 5.41) is 9.87. The van der Waals surface area contributed by atoms with E-state index in [1.807, 2.05) is 4.90 Å². The molecule has 1 aromatic rings. The molecule has 0 aromatic heterocycles. The maximum absolute atomic E-state index is 12.5. The van der Waals surface area contributed by atoms with Crippen molar-refractivity contribution in [2.75, 3.05) is 49.7 Å². The highest BCUT2D eigenvalue weighted by Gasteiger charge is 2.22. The second-order valence-electron chi connectivity index (χ2n) is 5.96. The van der Waals surface area contributed by atoms with Gasteiger partial charge in [-0.3, -0.25) is 4.79 Å². The number of amidine groups is 1. The number of anilines is 2. The first-order valence-corrected chi connectivity index (χ1v) is 8.67. The second-order valence-corrected chi connectivity index (χ2v) is 5.96. The Bertz CT molecular complexity index is 830. The van der Waals surface area contributed by atoms with Crippen LogP contribution in [0.25, 0.3) is 0 Å². The average Bonchev–Trinajstić information content (AvgIpc) is 2.73. The molecule has 3 rings (SSSR count). The number of hydrogen-bond acceptors (Lipinski definition) is 9. The molecule has 0 atom stereocenters. The number of carbonyl (C=O) groups excluding carboxylic acids is 2. The third-order valence-electron chi connectivity index (χ3n) is 3.98. The zero-order valence-electron chi connectivity index (χ0n) is 15.2. The Morgan fingerprint density at radius 3 is 2.79 bits per heavy atom. The minimum Gasteiger partial charge on any atom is -0.465 e. The van der Waals surface area contributed by atoms with E-state index in [4.69, 9.17) is 19.9 Å². The fourth-order valence-corrected chi connectivity index (χ4v) is 2.67. The first-order valence-electron chi connectivity index (χ1n) is 8.67. The Balaban J connectivity index is 1.83. The quantitative estimate of drug-likeness (QED) is 0.537. The SMILES string of the molecule is C=CCOC(=O)c1cc(NC(=O)C2=NN=C(N)CO2)ccc1N1CCOCC1. The smallest absolute Gasteiger partial charge is 0.340 e. The van der Waals surface area contributed by atoms with Crippen molar-refractivity contribution >= 4 is 35.0 Å². The molecule has 2 heterocycles. The Hall–Kier alpha value is -3.40. The predicted molar refractivity (Wildman–Crippen MR) is 104 cm³/mol. The van der Waals surface area contributed by atoms with Crippen LogP contribution in [-0.2, 0) is 19.0 Å². The van der Waals surface area contributed by atoms with Crippen molar-refractivity contribution in [2.24, 2.45) is 15.9 Å². The minimum absolute atomic E-state index is 0.0125. The molecule has 0 saturated carbocycles. The van der Waals surface area contributed by atoms with E-state index in [2.05, 4.69) is 22.1 Å². The normalized spacial score (nSPS) is 16.4. The first-order chi connectivity index (χ1) is 13.6. The molecule has 1 saturated heterocycles. The lowest BCUT2D eigenvalue weighted by molar-refractivity contribution is -0.111. The molecule has 10 nitrogen and oxygen atoms in total. The van der Waals surface area contributed by atoms with Crippen molar-refractivity contribution in [2.45, 2.75) is 0 Å². The van der Waals surface area contributed by atoms with Gasteiger partial charge in [0.15, 0.2) is 5.84 Å². The van der Waals surface area contributed by atoms with Gasteiger partial charge >= 0.3 is 17.8 Å². The Morgan fingerprint density at radius 1 is 1.32 bits per heavy atom. The Labute approximate surface area is 161 Å². The topological polar surface area (TPSA) is 128 Å². The molecule has 28 heavy (non-hydrogen) atoms. The number of benzene rings is 1. The van der Waals surface area contributed by atoms with Gasteiger partial charge in [-0.25, -0.2) is 4.79 Å². The number of nitrogens with zero attached hydrogens (tertiary/aromatic N) is 3. The lowest BCUT2D eigenvalue weighted by Crippen LogP contribution is -2.37. The van der Waals surface area contributed by atoms with Gasteiger partial charge in [-0.1, -0.05) is 12.7 Å². The van der Waals surface area contributed by atoms with Crippen LogP contribution in [0.15, 0.2) is 41.1 Å². The standard InChI is InChI=1S/C18H21N5O5/c1-2-7-27-18(25)13-10-12(3-4-14(13)23-5-8-26-9-6-23)20-16(24)17-22-21-15(19)11-28-17/h2-4,10H,1,5-9,11H2,(H2,19,21)(H,20,24). The molecule has 0 unspecified atom stereocenters. The van der Waals surface area contributed by atoms with Gasteiger partial charge in [0.05, 0.1) is 24.5 Å². The van der Waals surface area contributed by atoms with Crippen molar-refractivity contribution in [1.82, 2.24) is 0 Å². The van der Waals surface area contributed by atoms with Crippen LogP contribution >= 0.6 is 0 Å². The highest BCUT2D eigenvalue weighted by molar-refractivity contribution is 6.40. The number of amides is 1. The molecule has 10 heteroatoms. The van der Waals surface area contributed by atoms with Crippen molar-refractivity contribution in [3.8, 4) is 0 Å². The van der Waals surface area contributed by atoms with Crippen LogP contribution in [0.2, 0.25) is 0 Å². The number of hydrogen-bond donors (Lipinski definition) is 2. The van der Waals surface area contributed by atoms with E-state index >= 15 is 0 Å². The molecule has 1 aromatic carbocycles. The van der Waals surface area contributed by atoms with E-state index in [9.17, 15) is 9.59 Å². The summed E-state index contributed by atoms with van der Waals surface area (Å²) in [6.45, 7) is 6.06. The molecule has 0 bridgehead atoms. The number of nitrogens with two attached hydrogens (primary N) is 1. The molecule has 2 aliphatic heterocycles. The minimum atomic E-state index is -0.596. The van der Waals surface area contributed by atoms with Gasteiger partial charge in [0.25, 0.3) is 0 Å². The summed E-state index contributed by atoms with van der Waals surface area (Å²) in [5.41, 5.74) is 6.87. The highest BCUT2D eigenvalue weighted by atomic mass is 16.5. The summed E-state index contributed by atoms with van der Waals surface area (Å²) in [6, 6.07) is 4.99.